The van der Waals surface area contributed by atoms with Crippen LogP contribution in [0.5, 0.6) is 5.75 Å². The maximum absolute atomic E-state index is 12.5. The molecule has 5 nitrogen and oxygen atoms in total. The molecule has 136 valence electrons. The Balaban J connectivity index is 1.89. The summed E-state index contributed by atoms with van der Waals surface area (Å²) in [7, 11) is 1.50. The number of alkyl halides is 3. The van der Waals surface area contributed by atoms with Gasteiger partial charge in [0.2, 0.25) is 0 Å². The lowest BCUT2D eigenvalue weighted by Gasteiger charge is -2.18. The minimum Gasteiger partial charge on any atom is -0.484 e. The van der Waals surface area contributed by atoms with Crippen molar-refractivity contribution in [2.24, 2.45) is 0 Å². The van der Waals surface area contributed by atoms with E-state index in [0.29, 0.717) is 5.75 Å². The fraction of sp³-hybridized carbons (Fsp3) is 0.412. The van der Waals surface area contributed by atoms with Gasteiger partial charge in [-0.2, -0.15) is 13.2 Å². The topological polar surface area (TPSA) is 47.4 Å². The third-order valence-corrected chi connectivity index (χ3v) is 3.65. The van der Waals surface area contributed by atoms with Crippen LogP contribution in [-0.4, -0.2) is 40.2 Å². The molecule has 0 unspecified atom stereocenters. The van der Waals surface area contributed by atoms with E-state index in [4.69, 9.17) is 4.74 Å². The molecule has 0 radical (unpaired) electrons. The Morgan fingerprint density at radius 1 is 1.28 bits per heavy atom. The Morgan fingerprint density at radius 2 is 1.96 bits per heavy atom. The summed E-state index contributed by atoms with van der Waals surface area (Å²) in [5.41, 5.74) is 1.16. The van der Waals surface area contributed by atoms with Crippen LogP contribution in [0.25, 0.3) is 0 Å². The number of rotatable bonds is 7. The van der Waals surface area contributed by atoms with Crippen molar-refractivity contribution in [1.82, 2.24) is 14.5 Å². The SMILES string of the molecule is CCc1ccc(OCC(=O)N(C)Cc2nccn2CC(F)(F)F)cc1. The van der Waals surface area contributed by atoms with Crippen LogP contribution in [-0.2, 0) is 24.3 Å². The molecule has 0 aliphatic heterocycles. The third-order valence-electron chi connectivity index (χ3n) is 3.65. The predicted molar refractivity (Wildman–Crippen MR) is 86.1 cm³/mol. The van der Waals surface area contributed by atoms with E-state index < -0.39 is 12.7 Å². The monoisotopic (exact) mass is 355 g/mol. The minimum absolute atomic E-state index is 0.0277. The highest BCUT2D eigenvalue weighted by Crippen LogP contribution is 2.18. The van der Waals surface area contributed by atoms with Gasteiger partial charge >= 0.3 is 6.18 Å². The lowest BCUT2D eigenvalue weighted by atomic mass is 10.2. The first-order chi connectivity index (χ1) is 11.8. The number of nitrogens with zero attached hydrogens (tertiary/aromatic N) is 3. The van der Waals surface area contributed by atoms with E-state index in [-0.39, 0.29) is 24.9 Å². The zero-order valence-electron chi connectivity index (χ0n) is 14.1. The van der Waals surface area contributed by atoms with E-state index in [9.17, 15) is 18.0 Å². The zero-order valence-corrected chi connectivity index (χ0v) is 14.1. The van der Waals surface area contributed by atoms with Gasteiger partial charge in [0.15, 0.2) is 6.61 Å². The number of likely N-dealkylation sites (N-methyl/N-ethyl adjacent to an activating group) is 1. The van der Waals surface area contributed by atoms with Crippen molar-refractivity contribution in [2.45, 2.75) is 32.6 Å². The fourth-order valence-electron chi connectivity index (χ4n) is 2.21. The number of halogens is 3. The van der Waals surface area contributed by atoms with Crippen molar-refractivity contribution in [3.63, 3.8) is 0 Å². The highest BCUT2D eigenvalue weighted by Gasteiger charge is 2.29. The van der Waals surface area contributed by atoms with Crippen molar-refractivity contribution in [3.8, 4) is 5.75 Å². The number of amides is 1. The molecule has 1 aromatic heterocycles. The largest absolute Gasteiger partial charge is 0.484 e. The van der Waals surface area contributed by atoms with Gasteiger partial charge < -0.3 is 14.2 Å². The third kappa shape index (κ3) is 5.81. The number of benzene rings is 1. The van der Waals surface area contributed by atoms with E-state index in [1.54, 1.807) is 12.1 Å². The van der Waals surface area contributed by atoms with E-state index in [2.05, 4.69) is 4.98 Å². The molecule has 25 heavy (non-hydrogen) atoms. The van der Waals surface area contributed by atoms with Gasteiger partial charge in [-0.15, -0.1) is 0 Å². The molecule has 0 N–H and O–H groups in total. The first-order valence-electron chi connectivity index (χ1n) is 7.81. The van der Waals surface area contributed by atoms with Gasteiger partial charge in [-0.25, -0.2) is 4.98 Å². The highest BCUT2D eigenvalue weighted by atomic mass is 19.4. The minimum atomic E-state index is -4.34. The normalized spacial score (nSPS) is 11.4. The van der Waals surface area contributed by atoms with Crippen LogP contribution in [0.4, 0.5) is 13.2 Å². The lowest BCUT2D eigenvalue weighted by Crippen LogP contribution is -2.32. The predicted octanol–water partition coefficient (Wildman–Crippen LogP) is 3.05. The molecule has 1 heterocycles. The molecule has 1 aromatic carbocycles. The second-order valence-corrected chi connectivity index (χ2v) is 5.62. The number of aryl methyl sites for hydroxylation is 1. The van der Waals surface area contributed by atoms with Crippen molar-refractivity contribution in [1.29, 1.82) is 0 Å². The van der Waals surface area contributed by atoms with Gasteiger partial charge in [0.05, 0.1) is 6.54 Å². The molecule has 0 bridgehead atoms. The molecule has 0 aliphatic carbocycles. The molecule has 0 saturated carbocycles. The first-order valence-corrected chi connectivity index (χ1v) is 7.81. The summed E-state index contributed by atoms with van der Waals surface area (Å²) in [6, 6.07) is 7.39. The fourth-order valence-corrected chi connectivity index (χ4v) is 2.21. The summed E-state index contributed by atoms with van der Waals surface area (Å²) >= 11 is 0. The second-order valence-electron chi connectivity index (χ2n) is 5.62. The van der Waals surface area contributed by atoms with E-state index in [0.717, 1.165) is 16.6 Å². The van der Waals surface area contributed by atoms with Crippen molar-refractivity contribution < 1.29 is 22.7 Å². The van der Waals surface area contributed by atoms with Crippen LogP contribution < -0.4 is 4.74 Å². The van der Waals surface area contributed by atoms with Crippen LogP contribution in [0.3, 0.4) is 0 Å². The smallest absolute Gasteiger partial charge is 0.406 e. The Labute approximate surface area is 144 Å². The number of hydrogen-bond acceptors (Lipinski definition) is 3. The van der Waals surface area contributed by atoms with Crippen LogP contribution in [0.15, 0.2) is 36.7 Å². The number of ether oxygens (including phenoxy) is 1. The first kappa shape index (κ1) is 18.8. The Hall–Kier alpha value is -2.51. The summed E-state index contributed by atoms with van der Waals surface area (Å²) in [6.07, 6.45) is -0.906. The number of aromatic nitrogens is 2. The Kier molecular flexibility index (Phi) is 6.06. The second kappa shape index (κ2) is 8.04. The van der Waals surface area contributed by atoms with Gasteiger partial charge in [-0.05, 0) is 24.1 Å². The molecule has 0 saturated heterocycles. The van der Waals surface area contributed by atoms with E-state index in [1.807, 2.05) is 19.1 Å². The lowest BCUT2D eigenvalue weighted by molar-refractivity contribution is -0.141. The van der Waals surface area contributed by atoms with Gasteiger partial charge in [-0.3, -0.25) is 4.79 Å². The van der Waals surface area contributed by atoms with Gasteiger partial charge in [0.25, 0.3) is 5.91 Å². The molecule has 2 rings (SSSR count). The zero-order chi connectivity index (χ0) is 18.4. The average Bonchev–Trinajstić information content (AvgIpc) is 2.97. The number of imidazole rings is 1. The van der Waals surface area contributed by atoms with E-state index in [1.165, 1.54) is 24.3 Å². The number of hydrogen-bond donors (Lipinski definition) is 0. The molecular formula is C17H20F3N3O2. The van der Waals surface area contributed by atoms with Crippen LogP contribution >= 0.6 is 0 Å². The quantitative estimate of drug-likeness (QED) is 0.767. The molecule has 2 aromatic rings. The summed E-state index contributed by atoms with van der Waals surface area (Å²) in [5, 5.41) is 0. The summed E-state index contributed by atoms with van der Waals surface area (Å²) < 4.78 is 43.9. The summed E-state index contributed by atoms with van der Waals surface area (Å²) in [6.45, 7) is 0.684. The Morgan fingerprint density at radius 3 is 2.56 bits per heavy atom. The van der Waals surface area contributed by atoms with Crippen molar-refractivity contribution >= 4 is 5.91 Å². The molecule has 1 amide bonds. The van der Waals surface area contributed by atoms with Crippen molar-refractivity contribution in [2.75, 3.05) is 13.7 Å². The van der Waals surface area contributed by atoms with Gasteiger partial charge in [-0.1, -0.05) is 19.1 Å². The summed E-state index contributed by atoms with van der Waals surface area (Å²) in [5.74, 6) is 0.388. The number of carbonyl (C=O) groups excluding carboxylic acids is 1. The molecule has 0 spiro atoms. The maximum atomic E-state index is 12.5. The average molecular weight is 355 g/mol. The number of carbonyl (C=O) groups is 1. The summed E-state index contributed by atoms with van der Waals surface area (Å²) in [4.78, 5) is 17.3. The molecule has 0 aliphatic rings. The maximum Gasteiger partial charge on any atom is 0.406 e. The standard InChI is InChI=1S/C17H20F3N3O2/c1-3-13-4-6-14(7-5-13)25-11-16(24)22(2)10-15-21-8-9-23(15)12-17(18,19)20/h4-9H,3,10-12H2,1-2H3. The molecular weight excluding hydrogens is 335 g/mol. The van der Waals surface area contributed by atoms with Gasteiger partial charge in [0.1, 0.15) is 18.1 Å². The van der Waals surface area contributed by atoms with Crippen LogP contribution in [0.2, 0.25) is 0 Å². The highest BCUT2D eigenvalue weighted by molar-refractivity contribution is 5.77. The van der Waals surface area contributed by atoms with E-state index >= 15 is 0 Å². The Bertz CT molecular complexity index is 696. The molecule has 8 heteroatoms. The van der Waals surface area contributed by atoms with Crippen LogP contribution in [0.1, 0.15) is 18.3 Å². The van der Waals surface area contributed by atoms with Crippen LogP contribution in [0, 0.1) is 0 Å². The van der Waals surface area contributed by atoms with Gasteiger partial charge in [0, 0.05) is 19.4 Å². The van der Waals surface area contributed by atoms with Crippen molar-refractivity contribution in [3.05, 3.63) is 48.0 Å². The molecule has 0 fully saturated rings. The molecule has 0 atom stereocenters.